The number of nitrogens with zero attached hydrogens (tertiary/aromatic N) is 1. The third-order valence-electron chi connectivity index (χ3n) is 1.57. The molecule has 0 bridgehead atoms. The Morgan fingerprint density at radius 1 is 1.50 bits per heavy atom. The van der Waals surface area contributed by atoms with Crippen LogP contribution in [0.1, 0.15) is 17.2 Å². The van der Waals surface area contributed by atoms with E-state index < -0.39 is 6.10 Å². The molecule has 1 rings (SSSR count). The average molecular weight is 163 g/mol. The smallest absolute Gasteiger partial charge is 0.102 e. The molecule has 0 saturated heterocycles. The molecule has 0 spiro atoms. The molecule has 2 N–H and O–H groups in total. The van der Waals surface area contributed by atoms with Crippen LogP contribution in [0.2, 0.25) is 0 Å². The van der Waals surface area contributed by atoms with Crippen LogP contribution in [0.15, 0.2) is 24.3 Å². The third-order valence-corrected chi connectivity index (χ3v) is 1.57. The van der Waals surface area contributed by atoms with Gasteiger partial charge in [-0.25, -0.2) is 0 Å². The zero-order valence-corrected chi connectivity index (χ0v) is 6.44. The van der Waals surface area contributed by atoms with Crippen molar-refractivity contribution < 1.29 is 10.2 Å². The summed E-state index contributed by atoms with van der Waals surface area (Å²) < 4.78 is 0. The van der Waals surface area contributed by atoms with Crippen LogP contribution >= 0.6 is 0 Å². The normalized spacial score (nSPS) is 12.1. The second-order valence-electron chi connectivity index (χ2n) is 2.44. The Labute approximate surface area is 70.5 Å². The predicted octanol–water partition coefficient (Wildman–Crippen LogP) is 0.584. The van der Waals surface area contributed by atoms with E-state index in [0.29, 0.717) is 11.1 Å². The molecule has 0 radical (unpaired) electrons. The largest absolute Gasteiger partial charge is 0.393 e. The van der Waals surface area contributed by atoms with Crippen LogP contribution in [0.5, 0.6) is 0 Å². The number of nitriles is 1. The number of aliphatic hydroxyl groups excluding tert-OH is 2. The highest BCUT2D eigenvalue weighted by Crippen LogP contribution is 2.12. The standard InChI is InChI=1S/C9H9NO2/c10-5-7-2-1-3-8(4-7)9(12)6-11/h1-4,9,11-12H,6H2/t9-/m1/s1. The Balaban J connectivity index is 2.95. The van der Waals surface area contributed by atoms with Crippen LogP contribution in [0, 0.1) is 11.3 Å². The highest BCUT2D eigenvalue weighted by atomic mass is 16.3. The zero-order chi connectivity index (χ0) is 8.97. The van der Waals surface area contributed by atoms with Crippen molar-refractivity contribution in [3.05, 3.63) is 35.4 Å². The van der Waals surface area contributed by atoms with E-state index in [1.165, 1.54) is 0 Å². The highest BCUT2D eigenvalue weighted by molar-refractivity contribution is 5.33. The first-order valence-corrected chi connectivity index (χ1v) is 3.57. The first kappa shape index (κ1) is 8.72. The molecule has 1 aromatic rings. The summed E-state index contributed by atoms with van der Waals surface area (Å²) in [7, 11) is 0. The lowest BCUT2D eigenvalue weighted by atomic mass is 10.1. The van der Waals surface area contributed by atoms with E-state index in [4.69, 9.17) is 10.4 Å². The van der Waals surface area contributed by atoms with Gasteiger partial charge in [0, 0.05) is 0 Å². The molecular weight excluding hydrogens is 154 g/mol. The summed E-state index contributed by atoms with van der Waals surface area (Å²) in [6, 6.07) is 8.50. The molecule has 62 valence electrons. The summed E-state index contributed by atoms with van der Waals surface area (Å²) in [5, 5.41) is 26.3. The minimum absolute atomic E-state index is 0.325. The first-order valence-electron chi connectivity index (χ1n) is 3.57. The summed E-state index contributed by atoms with van der Waals surface area (Å²) >= 11 is 0. The van der Waals surface area contributed by atoms with Gasteiger partial charge >= 0.3 is 0 Å². The van der Waals surface area contributed by atoms with Gasteiger partial charge in [-0.1, -0.05) is 12.1 Å². The van der Waals surface area contributed by atoms with Crippen molar-refractivity contribution in [3.8, 4) is 6.07 Å². The molecule has 0 aliphatic heterocycles. The van der Waals surface area contributed by atoms with Crippen LogP contribution in [0.3, 0.4) is 0 Å². The second-order valence-corrected chi connectivity index (χ2v) is 2.44. The van der Waals surface area contributed by atoms with Gasteiger partial charge in [0.15, 0.2) is 0 Å². The molecule has 3 heteroatoms. The Kier molecular flexibility index (Phi) is 2.81. The Morgan fingerprint density at radius 2 is 2.25 bits per heavy atom. The predicted molar refractivity (Wildman–Crippen MR) is 43.2 cm³/mol. The van der Waals surface area contributed by atoms with E-state index in [0.717, 1.165) is 0 Å². The van der Waals surface area contributed by atoms with E-state index in [1.54, 1.807) is 24.3 Å². The fraction of sp³-hybridized carbons (Fsp3) is 0.222. The fourth-order valence-corrected chi connectivity index (χ4v) is 0.921. The lowest BCUT2D eigenvalue weighted by Crippen LogP contribution is -2.02. The van der Waals surface area contributed by atoms with Crippen LogP contribution in [0.4, 0.5) is 0 Å². The maximum absolute atomic E-state index is 9.19. The van der Waals surface area contributed by atoms with Gasteiger partial charge in [0.2, 0.25) is 0 Å². The van der Waals surface area contributed by atoms with Gasteiger partial charge in [0.25, 0.3) is 0 Å². The van der Waals surface area contributed by atoms with Crippen molar-refractivity contribution in [3.63, 3.8) is 0 Å². The number of hydrogen-bond acceptors (Lipinski definition) is 3. The lowest BCUT2D eigenvalue weighted by Gasteiger charge is -2.06. The van der Waals surface area contributed by atoms with E-state index >= 15 is 0 Å². The molecule has 0 aliphatic rings. The fourth-order valence-electron chi connectivity index (χ4n) is 0.921. The van der Waals surface area contributed by atoms with Gasteiger partial charge in [-0.3, -0.25) is 0 Å². The number of aliphatic hydroxyl groups is 2. The van der Waals surface area contributed by atoms with E-state index in [2.05, 4.69) is 0 Å². The van der Waals surface area contributed by atoms with Crippen LogP contribution in [-0.2, 0) is 0 Å². The van der Waals surface area contributed by atoms with Crippen molar-refractivity contribution in [2.75, 3.05) is 6.61 Å². The maximum Gasteiger partial charge on any atom is 0.102 e. The topological polar surface area (TPSA) is 64.2 Å². The molecule has 0 saturated carbocycles. The van der Waals surface area contributed by atoms with Gasteiger partial charge in [-0.15, -0.1) is 0 Å². The van der Waals surface area contributed by atoms with Gasteiger partial charge in [0.1, 0.15) is 6.10 Å². The van der Waals surface area contributed by atoms with E-state index in [9.17, 15) is 5.11 Å². The van der Waals surface area contributed by atoms with Gasteiger partial charge in [-0.05, 0) is 17.7 Å². The quantitative estimate of drug-likeness (QED) is 0.670. The van der Waals surface area contributed by atoms with E-state index in [-0.39, 0.29) is 6.61 Å². The van der Waals surface area contributed by atoms with Gasteiger partial charge in [-0.2, -0.15) is 5.26 Å². The molecule has 3 nitrogen and oxygen atoms in total. The molecular formula is C9H9NO2. The molecule has 12 heavy (non-hydrogen) atoms. The summed E-state index contributed by atoms with van der Waals surface area (Å²) in [6.07, 6.45) is -0.890. The molecule has 0 fully saturated rings. The summed E-state index contributed by atoms with van der Waals surface area (Å²) in [4.78, 5) is 0. The van der Waals surface area contributed by atoms with Gasteiger partial charge < -0.3 is 10.2 Å². The summed E-state index contributed by atoms with van der Waals surface area (Å²) in [5.74, 6) is 0. The summed E-state index contributed by atoms with van der Waals surface area (Å²) in [6.45, 7) is -0.325. The SMILES string of the molecule is N#Cc1cccc([C@H](O)CO)c1. The molecule has 0 unspecified atom stereocenters. The van der Waals surface area contributed by atoms with Crippen molar-refractivity contribution in [1.29, 1.82) is 5.26 Å². The number of rotatable bonds is 2. The number of hydrogen-bond donors (Lipinski definition) is 2. The Morgan fingerprint density at radius 3 is 2.83 bits per heavy atom. The molecule has 1 atom stereocenters. The monoisotopic (exact) mass is 163 g/mol. The van der Waals surface area contributed by atoms with Crippen molar-refractivity contribution >= 4 is 0 Å². The van der Waals surface area contributed by atoms with Gasteiger partial charge in [0.05, 0.1) is 18.2 Å². The molecule has 0 amide bonds. The Bertz CT molecular complexity index is 304. The maximum atomic E-state index is 9.19. The Hall–Kier alpha value is -1.37. The van der Waals surface area contributed by atoms with Crippen molar-refractivity contribution in [2.45, 2.75) is 6.10 Å². The second kappa shape index (κ2) is 3.86. The van der Waals surface area contributed by atoms with Crippen LogP contribution in [-0.4, -0.2) is 16.8 Å². The lowest BCUT2D eigenvalue weighted by molar-refractivity contribution is 0.0956. The van der Waals surface area contributed by atoms with Crippen molar-refractivity contribution in [2.24, 2.45) is 0 Å². The molecule has 0 heterocycles. The van der Waals surface area contributed by atoms with E-state index in [1.807, 2.05) is 6.07 Å². The minimum Gasteiger partial charge on any atom is -0.393 e. The minimum atomic E-state index is -0.890. The van der Waals surface area contributed by atoms with Crippen LogP contribution < -0.4 is 0 Å². The average Bonchev–Trinajstić information content (AvgIpc) is 2.17. The van der Waals surface area contributed by atoms with Crippen LogP contribution in [0.25, 0.3) is 0 Å². The number of benzene rings is 1. The molecule has 0 aromatic heterocycles. The molecule has 0 aliphatic carbocycles. The van der Waals surface area contributed by atoms with Crippen molar-refractivity contribution in [1.82, 2.24) is 0 Å². The first-order chi connectivity index (χ1) is 5.77. The third kappa shape index (κ3) is 1.82. The summed E-state index contributed by atoms with van der Waals surface area (Å²) in [5.41, 5.74) is 1.05. The molecule has 1 aromatic carbocycles. The zero-order valence-electron chi connectivity index (χ0n) is 6.44. The highest BCUT2D eigenvalue weighted by Gasteiger charge is 2.05.